The van der Waals surface area contributed by atoms with E-state index in [0.717, 1.165) is 18.5 Å². The average Bonchev–Trinajstić information content (AvgIpc) is 2.78. The molecule has 0 saturated heterocycles. The van der Waals surface area contributed by atoms with Gasteiger partial charge in [0.2, 0.25) is 5.95 Å². The molecule has 0 spiro atoms. The highest BCUT2D eigenvalue weighted by molar-refractivity contribution is 5.33. The Morgan fingerprint density at radius 2 is 2.41 bits per heavy atom. The molecule has 0 aromatic carbocycles. The van der Waals surface area contributed by atoms with Crippen molar-refractivity contribution in [2.45, 2.75) is 32.2 Å². The molecule has 17 heavy (non-hydrogen) atoms. The van der Waals surface area contributed by atoms with Crippen molar-refractivity contribution < 1.29 is 0 Å². The molecular formula is C12H15N5. The molecule has 2 aromatic rings. The van der Waals surface area contributed by atoms with E-state index in [2.05, 4.69) is 25.5 Å². The lowest BCUT2D eigenvalue weighted by atomic mass is 9.94. The van der Waals surface area contributed by atoms with E-state index in [1.54, 1.807) is 6.20 Å². The molecule has 1 atom stereocenters. The van der Waals surface area contributed by atoms with Crippen molar-refractivity contribution in [3.63, 3.8) is 0 Å². The SMILES string of the molecule is Cc1ccnc(N[C@H]2CCCc3cn[nH]c32)n1. The van der Waals surface area contributed by atoms with Crippen LogP contribution in [-0.2, 0) is 6.42 Å². The molecule has 0 radical (unpaired) electrons. The van der Waals surface area contributed by atoms with E-state index in [0.29, 0.717) is 5.95 Å². The third-order valence-corrected chi connectivity index (χ3v) is 3.14. The van der Waals surface area contributed by atoms with Crippen LogP contribution >= 0.6 is 0 Å². The molecule has 0 unspecified atom stereocenters. The van der Waals surface area contributed by atoms with Crippen molar-refractivity contribution in [2.75, 3.05) is 5.32 Å². The number of rotatable bonds is 2. The molecule has 88 valence electrons. The number of nitrogens with zero attached hydrogens (tertiary/aromatic N) is 3. The second-order valence-corrected chi connectivity index (χ2v) is 4.42. The van der Waals surface area contributed by atoms with Crippen LogP contribution in [0.25, 0.3) is 0 Å². The van der Waals surface area contributed by atoms with Crippen molar-refractivity contribution in [2.24, 2.45) is 0 Å². The zero-order chi connectivity index (χ0) is 11.7. The lowest BCUT2D eigenvalue weighted by Gasteiger charge is -2.22. The van der Waals surface area contributed by atoms with Crippen LogP contribution in [0.1, 0.15) is 35.8 Å². The Morgan fingerprint density at radius 1 is 1.47 bits per heavy atom. The minimum atomic E-state index is 0.253. The fourth-order valence-electron chi connectivity index (χ4n) is 2.28. The summed E-state index contributed by atoms with van der Waals surface area (Å²) in [7, 11) is 0. The molecule has 3 rings (SSSR count). The van der Waals surface area contributed by atoms with Crippen LogP contribution in [0.15, 0.2) is 18.5 Å². The van der Waals surface area contributed by atoms with Crippen molar-refractivity contribution in [1.82, 2.24) is 20.2 Å². The quantitative estimate of drug-likeness (QED) is 0.826. The number of aromatic amines is 1. The normalized spacial score (nSPS) is 18.8. The van der Waals surface area contributed by atoms with Gasteiger partial charge in [0.1, 0.15) is 0 Å². The average molecular weight is 229 g/mol. The van der Waals surface area contributed by atoms with Crippen molar-refractivity contribution >= 4 is 5.95 Å². The summed E-state index contributed by atoms with van der Waals surface area (Å²) >= 11 is 0. The van der Waals surface area contributed by atoms with Gasteiger partial charge in [0, 0.05) is 11.9 Å². The van der Waals surface area contributed by atoms with E-state index >= 15 is 0 Å². The predicted molar refractivity (Wildman–Crippen MR) is 64.7 cm³/mol. The number of aromatic nitrogens is 4. The van der Waals surface area contributed by atoms with Crippen LogP contribution in [0, 0.1) is 6.92 Å². The smallest absolute Gasteiger partial charge is 0.223 e. The van der Waals surface area contributed by atoms with E-state index in [4.69, 9.17) is 0 Å². The first-order chi connectivity index (χ1) is 8.33. The molecule has 2 heterocycles. The molecule has 5 heteroatoms. The van der Waals surface area contributed by atoms with Crippen molar-refractivity contribution in [1.29, 1.82) is 0 Å². The van der Waals surface area contributed by atoms with E-state index in [1.807, 2.05) is 19.2 Å². The summed E-state index contributed by atoms with van der Waals surface area (Å²) in [6.07, 6.45) is 7.07. The summed E-state index contributed by atoms with van der Waals surface area (Å²) in [5.41, 5.74) is 3.46. The van der Waals surface area contributed by atoms with Gasteiger partial charge in [-0.1, -0.05) is 0 Å². The fraction of sp³-hybridized carbons (Fsp3) is 0.417. The van der Waals surface area contributed by atoms with Crippen molar-refractivity contribution in [3.8, 4) is 0 Å². The lowest BCUT2D eigenvalue weighted by molar-refractivity contribution is 0.584. The van der Waals surface area contributed by atoms with E-state index < -0.39 is 0 Å². The van der Waals surface area contributed by atoms with Crippen LogP contribution in [0.4, 0.5) is 5.95 Å². The van der Waals surface area contributed by atoms with Gasteiger partial charge in [0.25, 0.3) is 0 Å². The molecule has 2 N–H and O–H groups in total. The highest BCUT2D eigenvalue weighted by Gasteiger charge is 2.22. The first kappa shape index (κ1) is 10.3. The van der Waals surface area contributed by atoms with Gasteiger partial charge in [-0.25, -0.2) is 9.97 Å². The van der Waals surface area contributed by atoms with E-state index in [-0.39, 0.29) is 6.04 Å². The van der Waals surface area contributed by atoms with Gasteiger partial charge >= 0.3 is 0 Å². The summed E-state index contributed by atoms with van der Waals surface area (Å²) in [5, 5.41) is 10.6. The Morgan fingerprint density at radius 3 is 3.29 bits per heavy atom. The van der Waals surface area contributed by atoms with Gasteiger partial charge in [0.05, 0.1) is 17.9 Å². The fourth-order valence-corrected chi connectivity index (χ4v) is 2.28. The standard InChI is InChI=1S/C12H15N5/c1-8-5-6-13-12(15-8)16-10-4-2-3-9-7-14-17-11(9)10/h5-7,10H,2-4H2,1H3,(H,14,17)(H,13,15,16)/t10-/m0/s1. The zero-order valence-corrected chi connectivity index (χ0v) is 9.77. The molecule has 0 amide bonds. The summed E-state index contributed by atoms with van der Waals surface area (Å²) in [6.45, 7) is 1.97. The van der Waals surface area contributed by atoms with Crippen LogP contribution in [-0.4, -0.2) is 20.2 Å². The Kier molecular flexibility index (Phi) is 2.51. The molecule has 5 nitrogen and oxygen atoms in total. The molecule has 2 aromatic heterocycles. The summed E-state index contributed by atoms with van der Waals surface area (Å²) in [5.74, 6) is 0.692. The van der Waals surface area contributed by atoms with Crippen LogP contribution in [0.3, 0.4) is 0 Å². The summed E-state index contributed by atoms with van der Waals surface area (Å²) < 4.78 is 0. The second kappa shape index (κ2) is 4.16. The second-order valence-electron chi connectivity index (χ2n) is 4.42. The van der Waals surface area contributed by atoms with Gasteiger partial charge < -0.3 is 5.32 Å². The largest absolute Gasteiger partial charge is 0.346 e. The minimum absolute atomic E-state index is 0.253. The van der Waals surface area contributed by atoms with Gasteiger partial charge in [-0.15, -0.1) is 0 Å². The zero-order valence-electron chi connectivity index (χ0n) is 9.77. The maximum Gasteiger partial charge on any atom is 0.223 e. The van der Waals surface area contributed by atoms with E-state index in [1.165, 1.54) is 17.7 Å². The lowest BCUT2D eigenvalue weighted by Crippen LogP contribution is -2.18. The summed E-state index contributed by atoms with van der Waals surface area (Å²) in [6, 6.07) is 2.15. The third kappa shape index (κ3) is 2.00. The maximum absolute atomic E-state index is 4.37. The number of H-pyrrole nitrogens is 1. The van der Waals surface area contributed by atoms with Crippen molar-refractivity contribution in [3.05, 3.63) is 35.4 Å². The maximum atomic E-state index is 4.37. The van der Waals surface area contributed by atoms with Gasteiger partial charge in [-0.05, 0) is 37.8 Å². The number of fused-ring (bicyclic) bond motifs is 1. The molecule has 0 fully saturated rings. The highest BCUT2D eigenvalue weighted by Crippen LogP contribution is 2.29. The van der Waals surface area contributed by atoms with Crippen LogP contribution in [0.2, 0.25) is 0 Å². The number of nitrogens with one attached hydrogen (secondary N) is 2. The summed E-state index contributed by atoms with van der Waals surface area (Å²) in [4.78, 5) is 8.60. The molecule has 0 saturated carbocycles. The van der Waals surface area contributed by atoms with E-state index in [9.17, 15) is 0 Å². The number of aryl methyl sites for hydroxylation is 2. The Labute approximate surface area is 99.7 Å². The topological polar surface area (TPSA) is 66.5 Å². The number of hydrogen-bond donors (Lipinski definition) is 2. The molecule has 0 aliphatic heterocycles. The van der Waals surface area contributed by atoms with Gasteiger partial charge in [-0.3, -0.25) is 5.10 Å². The Balaban J connectivity index is 1.84. The third-order valence-electron chi connectivity index (χ3n) is 3.14. The first-order valence-corrected chi connectivity index (χ1v) is 5.91. The molecule has 0 bridgehead atoms. The monoisotopic (exact) mass is 229 g/mol. The first-order valence-electron chi connectivity index (χ1n) is 5.91. The van der Waals surface area contributed by atoms with Gasteiger partial charge in [0.15, 0.2) is 0 Å². The predicted octanol–water partition coefficient (Wildman–Crippen LogP) is 2.00. The number of anilines is 1. The Bertz CT molecular complexity index is 519. The van der Waals surface area contributed by atoms with Crippen LogP contribution in [0.5, 0.6) is 0 Å². The van der Waals surface area contributed by atoms with Gasteiger partial charge in [-0.2, -0.15) is 5.10 Å². The minimum Gasteiger partial charge on any atom is -0.346 e. The Hall–Kier alpha value is -1.91. The molecular weight excluding hydrogens is 214 g/mol. The molecule has 1 aliphatic carbocycles. The van der Waals surface area contributed by atoms with Crippen LogP contribution < -0.4 is 5.32 Å². The number of hydrogen-bond acceptors (Lipinski definition) is 4. The highest BCUT2D eigenvalue weighted by atomic mass is 15.2. The molecule has 1 aliphatic rings.